The van der Waals surface area contributed by atoms with Crippen molar-refractivity contribution in [1.82, 2.24) is 15.1 Å². The van der Waals surface area contributed by atoms with E-state index < -0.39 is 17.8 Å². The van der Waals surface area contributed by atoms with Crippen molar-refractivity contribution in [2.24, 2.45) is 0 Å². The van der Waals surface area contributed by atoms with E-state index in [4.69, 9.17) is 5.11 Å². The number of aromatic amines is 1. The highest BCUT2D eigenvalue weighted by Gasteiger charge is 2.35. The number of carboxylic acid groups (broad SMARTS) is 1. The molecule has 1 saturated heterocycles. The van der Waals surface area contributed by atoms with E-state index in [0.29, 0.717) is 18.8 Å². The summed E-state index contributed by atoms with van der Waals surface area (Å²) in [5, 5.41) is 14.4. The fraction of sp³-hybridized carbons (Fsp3) is 0.636. The van der Waals surface area contributed by atoms with Crippen molar-refractivity contribution in [3.05, 3.63) is 17.5 Å². The highest BCUT2D eigenvalue weighted by molar-refractivity contribution is 5.69. The Balaban J connectivity index is 2.05. The molecule has 0 spiro atoms. The van der Waals surface area contributed by atoms with Gasteiger partial charge < -0.3 is 5.11 Å². The summed E-state index contributed by atoms with van der Waals surface area (Å²) in [6, 6.07) is 1.01. The number of carbonyl (C=O) groups is 1. The van der Waals surface area contributed by atoms with Crippen molar-refractivity contribution in [2.45, 2.75) is 24.9 Å². The maximum absolute atomic E-state index is 12.4. The molecule has 8 heteroatoms. The summed E-state index contributed by atoms with van der Waals surface area (Å²) in [4.78, 5) is 12.4. The first-order valence-corrected chi connectivity index (χ1v) is 5.93. The van der Waals surface area contributed by atoms with Crippen LogP contribution in [-0.2, 0) is 11.0 Å². The van der Waals surface area contributed by atoms with E-state index in [1.807, 2.05) is 0 Å². The Morgan fingerprint density at radius 3 is 2.89 bits per heavy atom. The van der Waals surface area contributed by atoms with E-state index in [1.165, 1.54) is 0 Å². The van der Waals surface area contributed by atoms with Gasteiger partial charge in [0, 0.05) is 18.2 Å². The van der Waals surface area contributed by atoms with E-state index in [9.17, 15) is 18.0 Å². The Labute approximate surface area is 107 Å². The molecule has 0 radical (unpaired) electrons. The Kier molecular flexibility index (Phi) is 3.79. The zero-order valence-corrected chi connectivity index (χ0v) is 10.1. The van der Waals surface area contributed by atoms with Crippen LogP contribution in [0.25, 0.3) is 0 Å². The Morgan fingerprint density at radius 1 is 1.58 bits per heavy atom. The molecule has 2 N–H and O–H groups in total. The van der Waals surface area contributed by atoms with Crippen molar-refractivity contribution in [3.63, 3.8) is 0 Å². The number of likely N-dealkylation sites (tertiary alicyclic amines) is 1. The molecule has 0 aliphatic carbocycles. The largest absolute Gasteiger partial charge is 0.480 e. The SMILES string of the molecule is O=C(O)CN1CCCC(c2cc(C(F)(F)F)n[nH]2)C1. The highest BCUT2D eigenvalue weighted by Crippen LogP contribution is 2.31. The Bertz CT molecular complexity index is 458. The first kappa shape index (κ1) is 13.9. The van der Waals surface area contributed by atoms with Crippen LogP contribution in [0.15, 0.2) is 6.07 Å². The number of nitrogens with zero attached hydrogens (tertiary/aromatic N) is 2. The van der Waals surface area contributed by atoms with Gasteiger partial charge in [-0.15, -0.1) is 0 Å². The van der Waals surface area contributed by atoms with Gasteiger partial charge in [-0.25, -0.2) is 0 Å². The van der Waals surface area contributed by atoms with Crippen LogP contribution in [0.5, 0.6) is 0 Å². The van der Waals surface area contributed by atoms with Crippen LogP contribution in [0.4, 0.5) is 13.2 Å². The summed E-state index contributed by atoms with van der Waals surface area (Å²) >= 11 is 0. The summed E-state index contributed by atoms with van der Waals surface area (Å²) in [6.45, 7) is 1.01. The van der Waals surface area contributed by atoms with E-state index in [-0.39, 0.29) is 12.5 Å². The average molecular weight is 277 g/mol. The number of aliphatic carboxylic acids is 1. The van der Waals surface area contributed by atoms with Gasteiger partial charge >= 0.3 is 12.1 Å². The number of H-pyrrole nitrogens is 1. The molecule has 19 heavy (non-hydrogen) atoms. The second-order valence-corrected chi connectivity index (χ2v) is 4.67. The zero-order valence-electron chi connectivity index (χ0n) is 10.1. The number of rotatable bonds is 3. The van der Waals surface area contributed by atoms with E-state index in [2.05, 4.69) is 10.2 Å². The summed E-state index contributed by atoms with van der Waals surface area (Å²) in [5.74, 6) is -1.06. The molecule has 1 aliphatic rings. The van der Waals surface area contributed by atoms with Crippen LogP contribution < -0.4 is 0 Å². The van der Waals surface area contributed by atoms with Gasteiger partial charge in [-0.1, -0.05) is 0 Å². The lowest BCUT2D eigenvalue weighted by Crippen LogP contribution is -2.38. The van der Waals surface area contributed by atoms with Gasteiger partial charge in [-0.3, -0.25) is 14.8 Å². The van der Waals surface area contributed by atoms with Gasteiger partial charge in [0.1, 0.15) is 0 Å². The standard InChI is InChI=1S/C11H14F3N3O2/c12-11(13,14)9-4-8(15-16-9)7-2-1-3-17(5-7)6-10(18)19/h4,7H,1-3,5-6H2,(H,15,16)(H,18,19). The Morgan fingerprint density at radius 2 is 2.32 bits per heavy atom. The second kappa shape index (κ2) is 5.20. The summed E-state index contributed by atoms with van der Waals surface area (Å²) < 4.78 is 37.3. The third-order valence-corrected chi connectivity index (χ3v) is 3.19. The second-order valence-electron chi connectivity index (χ2n) is 4.67. The summed E-state index contributed by atoms with van der Waals surface area (Å²) in [5.41, 5.74) is -0.514. The van der Waals surface area contributed by atoms with E-state index in [0.717, 1.165) is 18.9 Å². The van der Waals surface area contributed by atoms with Gasteiger partial charge in [0.05, 0.1) is 6.54 Å². The minimum Gasteiger partial charge on any atom is -0.480 e. The fourth-order valence-electron chi connectivity index (χ4n) is 2.34. The predicted octanol–water partition coefficient (Wildman–Crippen LogP) is 1.69. The summed E-state index contributed by atoms with van der Waals surface area (Å²) in [6.07, 6.45) is -2.96. The first-order chi connectivity index (χ1) is 8.86. The van der Waals surface area contributed by atoms with E-state index in [1.54, 1.807) is 4.90 Å². The molecule has 1 aromatic heterocycles. The molecule has 1 aliphatic heterocycles. The molecular weight excluding hydrogens is 263 g/mol. The molecular formula is C11H14F3N3O2. The van der Waals surface area contributed by atoms with Crippen molar-refractivity contribution in [3.8, 4) is 0 Å². The first-order valence-electron chi connectivity index (χ1n) is 5.93. The van der Waals surface area contributed by atoms with E-state index >= 15 is 0 Å². The molecule has 0 bridgehead atoms. The number of halogens is 3. The zero-order chi connectivity index (χ0) is 14.0. The van der Waals surface area contributed by atoms with Crippen LogP contribution >= 0.6 is 0 Å². The van der Waals surface area contributed by atoms with Crippen LogP contribution in [0.1, 0.15) is 30.1 Å². The third-order valence-electron chi connectivity index (χ3n) is 3.19. The highest BCUT2D eigenvalue weighted by atomic mass is 19.4. The van der Waals surface area contributed by atoms with Gasteiger partial charge in [0.15, 0.2) is 5.69 Å². The van der Waals surface area contributed by atoms with Crippen molar-refractivity contribution < 1.29 is 23.1 Å². The van der Waals surface area contributed by atoms with Crippen LogP contribution in [0.3, 0.4) is 0 Å². The van der Waals surface area contributed by atoms with Gasteiger partial charge in [-0.05, 0) is 25.5 Å². The number of hydrogen-bond donors (Lipinski definition) is 2. The van der Waals surface area contributed by atoms with Gasteiger partial charge in [0.25, 0.3) is 0 Å². The molecule has 0 saturated carbocycles. The number of nitrogens with one attached hydrogen (secondary N) is 1. The van der Waals surface area contributed by atoms with Crippen molar-refractivity contribution in [1.29, 1.82) is 0 Å². The molecule has 0 amide bonds. The molecule has 5 nitrogen and oxygen atoms in total. The van der Waals surface area contributed by atoms with Gasteiger partial charge in [-0.2, -0.15) is 18.3 Å². The Hall–Kier alpha value is -1.57. The fourth-order valence-corrected chi connectivity index (χ4v) is 2.34. The molecule has 2 heterocycles. The average Bonchev–Trinajstić information content (AvgIpc) is 2.77. The molecule has 2 rings (SSSR count). The number of piperidine rings is 1. The maximum Gasteiger partial charge on any atom is 0.435 e. The number of alkyl halides is 3. The number of hydrogen-bond acceptors (Lipinski definition) is 3. The van der Waals surface area contributed by atoms with Crippen LogP contribution in [0.2, 0.25) is 0 Å². The lowest BCUT2D eigenvalue weighted by Gasteiger charge is -2.30. The van der Waals surface area contributed by atoms with Crippen molar-refractivity contribution >= 4 is 5.97 Å². The summed E-state index contributed by atoms with van der Waals surface area (Å²) in [7, 11) is 0. The smallest absolute Gasteiger partial charge is 0.435 e. The minimum atomic E-state index is -4.45. The van der Waals surface area contributed by atoms with Gasteiger partial charge in [0.2, 0.25) is 0 Å². The maximum atomic E-state index is 12.4. The predicted molar refractivity (Wildman–Crippen MR) is 59.6 cm³/mol. The molecule has 106 valence electrons. The number of aromatic nitrogens is 2. The lowest BCUT2D eigenvalue weighted by atomic mass is 9.94. The minimum absolute atomic E-state index is 0.0865. The van der Waals surface area contributed by atoms with Crippen LogP contribution in [0, 0.1) is 0 Å². The monoisotopic (exact) mass is 277 g/mol. The quantitative estimate of drug-likeness (QED) is 0.882. The lowest BCUT2D eigenvalue weighted by molar-refractivity contribution is -0.141. The molecule has 1 aromatic rings. The topological polar surface area (TPSA) is 69.2 Å². The van der Waals surface area contributed by atoms with Crippen LogP contribution in [-0.4, -0.2) is 45.8 Å². The van der Waals surface area contributed by atoms with Crippen molar-refractivity contribution in [2.75, 3.05) is 19.6 Å². The normalized spacial score (nSPS) is 21.5. The third kappa shape index (κ3) is 3.46. The molecule has 0 aromatic carbocycles. The molecule has 1 unspecified atom stereocenters. The number of carboxylic acids is 1. The molecule has 1 fully saturated rings. The molecule has 1 atom stereocenters.